The van der Waals surface area contributed by atoms with E-state index in [0.29, 0.717) is 0 Å². The Morgan fingerprint density at radius 3 is 2.94 bits per heavy atom. The van der Waals surface area contributed by atoms with E-state index in [1.807, 2.05) is 12.1 Å². The van der Waals surface area contributed by atoms with Crippen LogP contribution < -0.4 is 0 Å². The van der Waals surface area contributed by atoms with Gasteiger partial charge in [-0.2, -0.15) is 0 Å². The van der Waals surface area contributed by atoms with E-state index in [1.54, 1.807) is 0 Å². The fourth-order valence-electron chi connectivity index (χ4n) is 1.93. The molecular formula is C14H17NO. The number of benzene rings is 1. The minimum atomic E-state index is 0.105. The first kappa shape index (κ1) is 11.0. The van der Waals surface area contributed by atoms with E-state index in [9.17, 15) is 0 Å². The smallest absolute Gasteiger partial charge is 0.0682 e. The van der Waals surface area contributed by atoms with E-state index in [-0.39, 0.29) is 6.61 Å². The molecule has 2 rings (SSSR count). The first-order chi connectivity index (χ1) is 7.85. The first-order valence-corrected chi connectivity index (χ1v) is 5.64. The van der Waals surface area contributed by atoms with Gasteiger partial charge >= 0.3 is 0 Å². The van der Waals surface area contributed by atoms with E-state index >= 15 is 0 Å². The number of rotatable bonds is 5. The van der Waals surface area contributed by atoms with Gasteiger partial charge in [0.05, 0.1) is 6.61 Å². The van der Waals surface area contributed by atoms with Crippen LogP contribution in [0.4, 0.5) is 0 Å². The van der Waals surface area contributed by atoms with Crippen LogP contribution in [0.3, 0.4) is 0 Å². The molecule has 0 fully saturated rings. The van der Waals surface area contributed by atoms with Gasteiger partial charge in [0.15, 0.2) is 0 Å². The lowest BCUT2D eigenvalue weighted by Gasteiger charge is -2.05. The second kappa shape index (κ2) is 4.99. The molecule has 0 spiro atoms. The second-order valence-corrected chi connectivity index (χ2v) is 3.99. The average molecular weight is 215 g/mol. The summed E-state index contributed by atoms with van der Waals surface area (Å²) in [4.78, 5) is 0. The van der Waals surface area contributed by atoms with Gasteiger partial charge in [0, 0.05) is 18.3 Å². The van der Waals surface area contributed by atoms with Crippen LogP contribution in [0.1, 0.15) is 18.4 Å². The van der Waals surface area contributed by atoms with Crippen molar-refractivity contribution in [3.05, 3.63) is 48.7 Å². The molecule has 2 aromatic rings. The third kappa shape index (κ3) is 2.17. The number of hydrogen-bond acceptors (Lipinski definition) is 1. The maximum absolute atomic E-state index is 9.12. The van der Waals surface area contributed by atoms with Crippen LogP contribution in [0, 0.1) is 0 Å². The molecule has 1 N–H and O–H groups in total. The maximum Gasteiger partial charge on any atom is 0.0682 e. The number of fused-ring (bicyclic) bond motifs is 1. The van der Waals surface area contributed by atoms with Crippen LogP contribution in [-0.2, 0) is 13.2 Å². The van der Waals surface area contributed by atoms with Gasteiger partial charge in [-0.15, -0.1) is 6.58 Å². The zero-order chi connectivity index (χ0) is 11.4. The average Bonchev–Trinajstić information content (AvgIpc) is 2.72. The molecule has 1 aromatic heterocycles. The normalized spacial score (nSPS) is 10.8. The summed E-state index contributed by atoms with van der Waals surface area (Å²) in [6, 6.07) is 8.20. The summed E-state index contributed by atoms with van der Waals surface area (Å²) in [6.45, 7) is 4.84. The number of aliphatic hydroxyl groups excluding tert-OH is 1. The molecular weight excluding hydrogens is 198 g/mol. The van der Waals surface area contributed by atoms with Gasteiger partial charge in [-0.05, 0) is 35.9 Å². The fourth-order valence-corrected chi connectivity index (χ4v) is 1.93. The molecule has 0 aliphatic heterocycles. The number of allylic oxidation sites excluding steroid dienone is 1. The van der Waals surface area contributed by atoms with Gasteiger partial charge < -0.3 is 9.67 Å². The van der Waals surface area contributed by atoms with E-state index < -0.39 is 0 Å². The quantitative estimate of drug-likeness (QED) is 0.601. The van der Waals surface area contributed by atoms with Gasteiger partial charge in [0.25, 0.3) is 0 Å². The number of nitrogens with zero attached hydrogens (tertiary/aromatic N) is 1. The predicted octanol–water partition coefficient (Wildman–Crippen LogP) is 3.10. The molecule has 0 amide bonds. The summed E-state index contributed by atoms with van der Waals surface area (Å²) >= 11 is 0. The van der Waals surface area contributed by atoms with Crippen molar-refractivity contribution in [2.75, 3.05) is 0 Å². The largest absolute Gasteiger partial charge is 0.392 e. The third-order valence-electron chi connectivity index (χ3n) is 2.83. The lowest BCUT2D eigenvalue weighted by Crippen LogP contribution is -1.95. The first-order valence-electron chi connectivity index (χ1n) is 5.64. The number of aromatic nitrogens is 1. The molecule has 2 heteroatoms. The van der Waals surface area contributed by atoms with Crippen molar-refractivity contribution >= 4 is 10.9 Å². The molecule has 0 bridgehead atoms. The van der Waals surface area contributed by atoms with Crippen molar-refractivity contribution in [2.24, 2.45) is 0 Å². The van der Waals surface area contributed by atoms with Gasteiger partial charge in [-0.3, -0.25) is 0 Å². The molecule has 1 aromatic carbocycles. The highest BCUT2D eigenvalue weighted by atomic mass is 16.3. The summed E-state index contributed by atoms with van der Waals surface area (Å²) in [5, 5.41) is 10.3. The lowest BCUT2D eigenvalue weighted by molar-refractivity contribution is 0.282. The molecule has 0 saturated heterocycles. The van der Waals surface area contributed by atoms with Crippen LogP contribution in [-0.4, -0.2) is 9.67 Å². The molecule has 84 valence electrons. The molecule has 0 unspecified atom stereocenters. The highest BCUT2D eigenvalue weighted by molar-refractivity contribution is 5.80. The summed E-state index contributed by atoms with van der Waals surface area (Å²) in [5.41, 5.74) is 2.17. The Morgan fingerprint density at radius 2 is 2.19 bits per heavy atom. The second-order valence-electron chi connectivity index (χ2n) is 3.99. The summed E-state index contributed by atoms with van der Waals surface area (Å²) in [5.74, 6) is 0. The Balaban J connectivity index is 2.27. The number of unbranched alkanes of at least 4 members (excludes halogenated alkanes) is 1. The SMILES string of the molecule is C=CCCCn1ccc2ccc(CO)cc21. The summed E-state index contributed by atoms with van der Waals surface area (Å²) in [6.07, 6.45) is 6.20. The molecule has 16 heavy (non-hydrogen) atoms. The minimum Gasteiger partial charge on any atom is -0.392 e. The van der Waals surface area contributed by atoms with Crippen molar-refractivity contribution in [3.63, 3.8) is 0 Å². The third-order valence-corrected chi connectivity index (χ3v) is 2.83. The van der Waals surface area contributed by atoms with E-state index in [4.69, 9.17) is 5.11 Å². The standard InChI is InChI=1S/C14H17NO/c1-2-3-4-8-15-9-7-13-6-5-12(11-16)10-14(13)15/h2,5-7,9-10,16H,1,3-4,8,11H2. The van der Waals surface area contributed by atoms with Gasteiger partial charge in [0.2, 0.25) is 0 Å². The number of aryl methyl sites for hydroxylation is 1. The summed E-state index contributed by atoms with van der Waals surface area (Å²) in [7, 11) is 0. The Kier molecular flexibility index (Phi) is 3.42. The molecule has 0 aliphatic carbocycles. The van der Waals surface area contributed by atoms with Crippen LogP contribution in [0.25, 0.3) is 10.9 Å². The highest BCUT2D eigenvalue weighted by Crippen LogP contribution is 2.18. The molecule has 0 radical (unpaired) electrons. The Morgan fingerprint density at radius 1 is 1.31 bits per heavy atom. The predicted molar refractivity (Wildman–Crippen MR) is 67.3 cm³/mol. The van der Waals surface area contributed by atoms with Crippen LogP contribution in [0.15, 0.2) is 43.1 Å². The van der Waals surface area contributed by atoms with Crippen LogP contribution in [0.5, 0.6) is 0 Å². The van der Waals surface area contributed by atoms with Gasteiger partial charge in [-0.1, -0.05) is 18.2 Å². The topological polar surface area (TPSA) is 25.2 Å². The highest BCUT2D eigenvalue weighted by Gasteiger charge is 2.01. The Labute approximate surface area is 95.8 Å². The Bertz CT molecular complexity index is 484. The molecule has 2 nitrogen and oxygen atoms in total. The lowest BCUT2D eigenvalue weighted by atomic mass is 10.2. The van der Waals surface area contributed by atoms with Crippen LogP contribution in [0.2, 0.25) is 0 Å². The minimum absolute atomic E-state index is 0.105. The van der Waals surface area contributed by atoms with Crippen molar-refractivity contribution in [1.29, 1.82) is 0 Å². The maximum atomic E-state index is 9.12. The van der Waals surface area contributed by atoms with Crippen LogP contribution >= 0.6 is 0 Å². The zero-order valence-corrected chi connectivity index (χ0v) is 9.39. The zero-order valence-electron chi connectivity index (χ0n) is 9.39. The molecule has 0 aliphatic rings. The van der Waals surface area contributed by atoms with E-state index in [1.165, 1.54) is 10.9 Å². The van der Waals surface area contributed by atoms with Gasteiger partial charge in [-0.25, -0.2) is 0 Å². The monoisotopic (exact) mass is 215 g/mol. The fraction of sp³-hybridized carbons (Fsp3) is 0.286. The number of aliphatic hydroxyl groups is 1. The number of hydrogen-bond donors (Lipinski definition) is 1. The van der Waals surface area contributed by atoms with Gasteiger partial charge in [0.1, 0.15) is 0 Å². The van der Waals surface area contributed by atoms with Crippen molar-refractivity contribution in [3.8, 4) is 0 Å². The van der Waals surface area contributed by atoms with Crippen molar-refractivity contribution < 1.29 is 5.11 Å². The van der Waals surface area contributed by atoms with E-state index in [0.717, 1.165) is 24.9 Å². The summed E-state index contributed by atoms with van der Waals surface area (Å²) < 4.78 is 2.23. The van der Waals surface area contributed by atoms with Crippen molar-refractivity contribution in [2.45, 2.75) is 26.0 Å². The Hall–Kier alpha value is -1.54. The van der Waals surface area contributed by atoms with Crippen molar-refractivity contribution in [1.82, 2.24) is 4.57 Å². The van der Waals surface area contributed by atoms with E-state index in [2.05, 4.69) is 35.5 Å². The molecule has 0 saturated carbocycles. The molecule has 1 heterocycles. The molecule has 0 atom stereocenters.